The molecule has 0 atom stereocenters. The molecule has 0 saturated heterocycles. The first-order valence-electron chi connectivity index (χ1n) is 10.6. The fraction of sp³-hybridized carbons (Fsp3) is 0.522. The van der Waals surface area contributed by atoms with Crippen LogP contribution in [0.3, 0.4) is 0 Å². The lowest BCUT2D eigenvalue weighted by molar-refractivity contribution is 0.141. The predicted molar refractivity (Wildman–Crippen MR) is 135 cm³/mol. The van der Waals surface area contributed by atoms with Crippen LogP contribution in [0.25, 0.3) is 0 Å². The molecule has 1 heterocycles. The third-order valence-electron chi connectivity index (χ3n) is 5.53. The molecule has 0 fully saturated rings. The van der Waals surface area contributed by atoms with E-state index in [9.17, 15) is 4.79 Å². The number of rotatable bonds is 11. The number of ether oxygens (including phenoxy) is 3. The van der Waals surface area contributed by atoms with Gasteiger partial charge in [0.15, 0.2) is 19.8 Å². The minimum absolute atomic E-state index is 0.127. The van der Waals surface area contributed by atoms with Gasteiger partial charge in [-0.05, 0) is 52.3 Å². The van der Waals surface area contributed by atoms with Gasteiger partial charge in [-0.1, -0.05) is 20.8 Å². The molecule has 1 N–H and O–H groups in total. The maximum Gasteiger partial charge on any atom is 0.274 e. The number of pyridine rings is 1. The Bertz CT molecular complexity index is 956. The van der Waals surface area contributed by atoms with Crippen molar-refractivity contribution in [3.8, 4) is 11.5 Å². The van der Waals surface area contributed by atoms with Crippen molar-refractivity contribution in [3.05, 3.63) is 45.3 Å². The van der Waals surface area contributed by atoms with Gasteiger partial charge in [0, 0.05) is 36.6 Å². The molecular formula is C23H35BrN2O5Si. The summed E-state index contributed by atoms with van der Waals surface area (Å²) in [5.41, 5.74) is 1.05. The number of nitrogens with zero attached hydrogens (tertiary/aromatic N) is 1. The first-order chi connectivity index (χ1) is 14.9. The van der Waals surface area contributed by atoms with Crippen LogP contribution >= 0.6 is 15.9 Å². The molecule has 0 amide bonds. The van der Waals surface area contributed by atoms with Crippen LogP contribution in [0.4, 0.5) is 11.4 Å². The minimum Gasteiger partial charge on any atom is -0.487 e. The van der Waals surface area contributed by atoms with Gasteiger partial charge >= 0.3 is 0 Å². The van der Waals surface area contributed by atoms with E-state index in [1.165, 1.54) is 4.57 Å². The molecule has 0 unspecified atom stereocenters. The third-order valence-corrected chi connectivity index (χ3v) is 10.5. The summed E-state index contributed by atoms with van der Waals surface area (Å²) in [4.78, 5) is 12.4. The van der Waals surface area contributed by atoms with E-state index < -0.39 is 8.32 Å². The average molecular weight is 528 g/mol. The highest BCUT2D eigenvalue weighted by atomic mass is 79.9. The number of halogens is 1. The van der Waals surface area contributed by atoms with Crippen LogP contribution in [-0.2, 0) is 16.2 Å². The Morgan fingerprint density at radius 3 is 2.34 bits per heavy atom. The standard InChI is InChI=1S/C23H35BrN2O5Si/c1-23(2,3)32(6,7)31-13-12-29-20-9-8-18(15-21(20)30-11-10-28-5)25-19-14-17(24)16-26(4)22(19)27/h8-9,14-16,25H,10-13H2,1-7H3. The number of benzene rings is 1. The van der Waals surface area contributed by atoms with Crippen LogP contribution in [0.1, 0.15) is 20.8 Å². The largest absolute Gasteiger partial charge is 0.487 e. The highest BCUT2D eigenvalue weighted by Crippen LogP contribution is 2.36. The zero-order valence-electron chi connectivity index (χ0n) is 20.1. The molecule has 1 aromatic carbocycles. The molecule has 0 aliphatic rings. The summed E-state index contributed by atoms with van der Waals surface area (Å²) in [6, 6.07) is 7.25. The van der Waals surface area contributed by atoms with Crippen LogP contribution in [0.2, 0.25) is 18.1 Å². The smallest absolute Gasteiger partial charge is 0.274 e. The van der Waals surface area contributed by atoms with Crippen molar-refractivity contribution in [3.63, 3.8) is 0 Å². The summed E-state index contributed by atoms with van der Waals surface area (Å²) in [6.07, 6.45) is 1.72. The van der Waals surface area contributed by atoms with Crippen molar-refractivity contribution in [1.82, 2.24) is 4.57 Å². The van der Waals surface area contributed by atoms with Crippen molar-refractivity contribution in [2.24, 2.45) is 7.05 Å². The topological polar surface area (TPSA) is 71.0 Å². The Kier molecular flexibility index (Phi) is 9.38. The number of hydrogen-bond donors (Lipinski definition) is 1. The summed E-state index contributed by atoms with van der Waals surface area (Å²) in [5, 5.41) is 3.32. The van der Waals surface area contributed by atoms with Crippen molar-refractivity contribution < 1.29 is 18.6 Å². The Morgan fingerprint density at radius 2 is 1.69 bits per heavy atom. The van der Waals surface area contributed by atoms with E-state index in [1.807, 2.05) is 18.2 Å². The predicted octanol–water partition coefficient (Wildman–Crippen LogP) is 5.32. The second-order valence-corrected chi connectivity index (χ2v) is 14.8. The van der Waals surface area contributed by atoms with Gasteiger partial charge in [0.05, 0.1) is 13.2 Å². The molecule has 0 spiro atoms. The van der Waals surface area contributed by atoms with Crippen LogP contribution in [-0.4, -0.2) is 46.4 Å². The zero-order chi connectivity index (χ0) is 23.9. The lowest BCUT2D eigenvalue weighted by Crippen LogP contribution is -2.41. The fourth-order valence-corrected chi connectivity index (χ4v) is 4.20. The van der Waals surface area contributed by atoms with Crippen molar-refractivity contribution in [1.29, 1.82) is 0 Å². The molecule has 7 nitrogen and oxygen atoms in total. The number of methoxy groups -OCH3 is 1. The molecule has 0 aliphatic heterocycles. The Balaban J connectivity index is 2.13. The van der Waals surface area contributed by atoms with Gasteiger partial charge in [0.25, 0.3) is 5.56 Å². The number of hydrogen-bond acceptors (Lipinski definition) is 6. The SMILES string of the molecule is COCCOc1cc(Nc2cc(Br)cn(C)c2=O)ccc1OCCO[Si](C)(C)C(C)(C)C. The van der Waals surface area contributed by atoms with Gasteiger partial charge in [-0.3, -0.25) is 4.79 Å². The Labute approximate surface area is 200 Å². The van der Waals surface area contributed by atoms with Gasteiger partial charge in [0.2, 0.25) is 0 Å². The van der Waals surface area contributed by atoms with E-state index >= 15 is 0 Å². The second-order valence-electron chi connectivity index (χ2n) is 9.07. The summed E-state index contributed by atoms with van der Waals surface area (Å²) < 4.78 is 25.5. The van der Waals surface area contributed by atoms with Gasteiger partial charge in [-0.25, -0.2) is 0 Å². The molecule has 0 aliphatic carbocycles. The van der Waals surface area contributed by atoms with E-state index in [0.717, 1.165) is 10.2 Å². The van der Waals surface area contributed by atoms with E-state index in [2.05, 4.69) is 55.1 Å². The first kappa shape index (κ1) is 26.4. The average Bonchev–Trinajstić information content (AvgIpc) is 2.69. The molecule has 1 aromatic heterocycles. The van der Waals surface area contributed by atoms with E-state index in [4.69, 9.17) is 18.6 Å². The summed E-state index contributed by atoms with van der Waals surface area (Å²) in [6.45, 7) is 12.9. The highest BCUT2D eigenvalue weighted by Gasteiger charge is 2.36. The molecule has 32 heavy (non-hydrogen) atoms. The molecule has 2 aromatic rings. The monoisotopic (exact) mass is 526 g/mol. The Morgan fingerprint density at radius 1 is 1.03 bits per heavy atom. The van der Waals surface area contributed by atoms with Gasteiger partial charge in [-0.2, -0.15) is 0 Å². The fourth-order valence-electron chi connectivity index (χ4n) is 2.63. The van der Waals surface area contributed by atoms with Crippen molar-refractivity contribution >= 4 is 35.6 Å². The maximum atomic E-state index is 12.4. The van der Waals surface area contributed by atoms with Gasteiger partial charge < -0.3 is 28.5 Å². The highest BCUT2D eigenvalue weighted by molar-refractivity contribution is 9.10. The van der Waals surface area contributed by atoms with Crippen LogP contribution in [0.15, 0.2) is 39.7 Å². The van der Waals surface area contributed by atoms with Crippen molar-refractivity contribution in [2.45, 2.75) is 38.9 Å². The number of nitrogens with one attached hydrogen (secondary N) is 1. The van der Waals surface area contributed by atoms with Crippen LogP contribution < -0.4 is 20.3 Å². The first-order valence-corrected chi connectivity index (χ1v) is 14.3. The number of aryl methyl sites for hydroxylation is 1. The molecule has 9 heteroatoms. The lowest BCUT2D eigenvalue weighted by Gasteiger charge is -2.36. The Hall–Kier alpha value is -1.81. The number of anilines is 2. The van der Waals surface area contributed by atoms with Gasteiger partial charge in [0.1, 0.15) is 18.9 Å². The second kappa shape index (κ2) is 11.4. The normalized spacial score (nSPS) is 12.0. The molecule has 0 saturated carbocycles. The molecule has 178 valence electrons. The van der Waals surface area contributed by atoms with E-state index in [0.29, 0.717) is 43.6 Å². The summed E-state index contributed by atoms with van der Waals surface area (Å²) in [7, 11) is 1.51. The van der Waals surface area contributed by atoms with Crippen molar-refractivity contribution in [2.75, 3.05) is 38.9 Å². The van der Waals surface area contributed by atoms with E-state index in [-0.39, 0.29) is 10.6 Å². The zero-order valence-corrected chi connectivity index (χ0v) is 22.7. The van der Waals surface area contributed by atoms with E-state index in [1.54, 1.807) is 26.4 Å². The van der Waals surface area contributed by atoms with Crippen LogP contribution in [0.5, 0.6) is 11.5 Å². The minimum atomic E-state index is -1.82. The summed E-state index contributed by atoms with van der Waals surface area (Å²) >= 11 is 3.42. The van der Waals surface area contributed by atoms with Gasteiger partial charge in [-0.15, -0.1) is 0 Å². The quantitative estimate of drug-likeness (QED) is 0.315. The molecule has 0 bridgehead atoms. The molecule has 0 radical (unpaired) electrons. The third kappa shape index (κ3) is 7.36. The number of aromatic nitrogens is 1. The lowest BCUT2D eigenvalue weighted by atomic mass is 10.2. The molecular weight excluding hydrogens is 492 g/mol. The molecule has 2 rings (SSSR count). The summed E-state index contributed by atoms with van der Waals surface area (Å²) in [5.74, 6) is 1.19. The maximum absolute atomic E-state index is 12.4. The van der Waals surface area contributed by atoms with Crippen LogP contribution in [0, 0.1) is 0 Å².